The summed E-state index contributed by atoms with van der Waals surface area (Å²) < 4.78 is 24.7. The molecule has 2 N–H and O–H groups in total. The first kappa shape index (κ1) is 48.4. The fraction of sp³-hybridized carbons (Fsp3) is 0.659. The topological polar surface area (TPSA) is 96.9 Å². The van der Waals surface area contributed by atoms with E-state index in [4.69, 9.17) is 4.84 Å². The van der Waals surface area contributed by atoms with Crippen molar-refractivity contribution in [2.75, 3.05) is 0 Å². The van der Waals surface area contributed by atoms with Crippen LogP contribution >= 0.6 is 0 Å². The van der Waals surface area contributed by atoms with Crippen LogP contribution < -0.4 is 10.0 Å². The van der Waals surface area contributed by atoms with E-state index in [9.17, 15) is 13.2 Å². The Morgan fingerprint density at radius 1 is 0.755 bits per heavy atom. The number of amides is 1. The smallest absolute Gasteiger partial charge is 0.222 e. The molecular formula is C41H73N3O4S. The number of carbonyl (C=O) groups is 1. The van der Waals surface area contributed by atoms with Gasteiger partial charge in [-0.1, -0.05) is 137 Å². The van der Waals surface area contributed by atoms with Gasteiger partial charge >= 0.3 is 0 Å². The third-order valence-corrected chi connectivity index (χ3v) is 10.5. The van der Waals surface area contributed by atoms with Crippen LogP contribution in [0, 0.1) is 17.3 Å². The first-order valence-electron chi connectivity index (χ1n) is 17.2. The van der Waals surface area contributed by atoms with Crippen LogP contribution in [-0.2, 0) is 19.7 Å². The van der Waals surface area contributed by atoms with Crippen molar-refractivity contribution < 1.29 is 18.0 Å². The van der Waals surface area contributed by atoms with E-state index in [1.54, 1.807) is 0 Å². The van der Waals surface area contributed by atoms with Gasteiger partial charge in [0.15, 0.2) is 0 Å². The van der Waals surface area contributed by atoms with Gasteiger partial charge in [0.1, 0.15) is 11.8 Å². The molecule has 49 heavy (non-hydrogen) atoms. The molecule has 0 aromatic heterocycles. The number of oxime groups is 1. The Hall–Kier alpha value is -2.71. The Kier molecular flexibility index (Phi) is 21.9. The summed E-state index contributed by atoms with van der Waals surface area (Å²) in [5, 5.41) is 7.27. The third kappa shape index (κ3) is 16.7. The van der Waals surface area contributed by atoms with Gasteiger partial charge in [0.25, 0.3) is 0 Å². The predicted octanol–water partition coefficient (Wildman–Crippen LogP) is 10.6. The van der Waals surface area contributed by atoms with E-state index in [0.29, 0.717) is 11.5 Å². The zero-order valence-corrected chi connectivity index (χ0v) is 31.1. The minimum atomic E-state index is -2.94. The Labute approximate surface area is 302 Å². The molecule has 0 atom stereocenters. The number of fused-ring (bicyclic) bond motifs is 3. The summed E-state index contributed by atoms with van der Waals surface area (Å²) in [5.41, 5.74) is 6.21. The van der Waals surface area contributed by atoms with Crippen molar-refractivity contribution in [3.63, 3.8) is 0 Å². The largest absolute Gasteiger partial charge is 0.393 e. The molecule has 7 nitrogen and oxygen atoms in total. The molecule has 2 aromatic carbocycles. The van der Waals surface area contributed by atoms with Crippen molar-refractivity contribution in [1.82, 2.24) is 10.0 Å². The van der Waals surface area contributed by atoms with E-state index in [0.717, 1.165) is 35.6 Å². The van der Waals surface area contributed by atoms with Crippen molar-refractivity contribution in [3.05, 3.63) is 59.7 Å². The number of nitrogens with zero attached hydrogens (tertiary/aromatic N) is 1. The Morgan fingerprint density at radius 2 is 1.16 bits per heavy atom. The normalized spacial score (nSPS) is 14.7. The van der Waals surface area contributed by atoms with Gasteiger partial charge in [-0.2, -0.15) is 0 Å². The highest BCUT2D eigenvalue weighted by Crippen LogP contribution is 2.36. The zero-order chi connectivity index (χ0) is 34.7. The van der Waals surface area contributed by atoms with Gasteiger partial charge < -0.3 is 10.2 Å². The average molecular weight is 704 g/mol. The first-order valence-corrected chi connectivity index (χ1v) is 18.7. The Morgan fingerprint density at radius 3 is 1.49 bits per heavy atom. The van der Waals surface area contributed by atoms with Gasteiger partial charge in [-0.05, 0) is 75.8 Å². The molecular weight excluding hydrogens is 631 g/mol. The van der Waals surface area contributed by atoms with Crippen molar-refractivity contribution in [2.45, 2.75) is 160 Å². The molecule has 3 aliphatic rings. The lowest BCUT2D eigenvalue weighted by atomic mass is 9.84. The van der Waals surface area contributed by atoms with Crippen molar-refractivity contribution >= 4 is 21.6 Å². The molecule has 0 spiro atoms. The highest BCUT2D eigenvalue weighted by molar-refractivity contribution is 7.90. The van der Waals surface area contributed by atoms with E-state index in [-0.39, 0.29) is 51.5 Å². The maximum absolute atomic E-state index is 11.2. The second-order valence-electron chi connectivity index (χ2n) is 14.9. The molecule has 3 aliphatic carbocycles. The summed E-state index contributed by atoms with van der Waals surface area (Å²) in [6.07, 6.45) is 6.69. The SMILES string of the molecule is C.C.C.CC(C)C(=O)NC1CCCC1.CC(C)C(C)(C)C.CC(C)NS(=O)(=O)C1CC1.CC(C)ON=C1c2ccccc2-c2ccccc21. The number of rotatable bonds is 7. The minimum absolute atomic E-state index is 0. The molecule has 0 bridgehead atoms. The van der Waals surface area contributed by atoms with Crippen LogP contribution in [-0.4, -0.2) is 43.5 Å². The number of nitrogens with one attached hydrogen (secondary N) is 2. The maximum Gasteiger partial charge on any atom is 0.222 e. The van der Waals surface area contributed by atoms with E-state index < -0.39 is 10.0 Å². The molecule has 2 fully saturated rings. The van der Waals surface area contributed by atoms with Crippen LogP contribution in [0.25, 0.3) is 11.1 Å². The maximum atomic E-state index is 11.2. The van der Waals surface area contributed by atoms with Crippen molar-refractivity contribution in [3.8, 4) is 11.1 Å². The highest BCUT2D eigenvalue weighted by atomic mass is 32.2. The second kappa shape index (κ2) is 22.2. The lowest BCUT2D eigenvalue weighted by Crippen LogP contribution is -2.35. The summed E-state index contributed by atoms with van der Waals surface area (Å²) in [7, 11) is -2.94. The molecule has 0 unspecified atom stereocenters. The number of carbonyl (C=O) groups excluding carboxylic acids is 1. The van der Waals surface area contributed by atoms with Gasteiger partial charge in [-0.3, -0.25) is 4.79 Å². The summed E-state index contributed by atoms with van der Waals surface area (Å²) in [4.78, 5) is 16.6. The average Bonchev–Trinajstić information content (AvgIpc) is 3.63. The molecule has 0 saturated heterocycles. The van der Waals surface area contributed by atoms with Gasteiger partial charge in [0, 0.05) is 29.1 Å². The molecule has 0 heterocycles. The van der Waals surface area contributed by atoms with E-state index in [2.05, 4.69) is 86.2 Å². The number of benzene rings is 2. The third-order valence-electron chi connectivity index (χ3n) is 8.33. The first-order chi connectivity index (χ1) is 21.4. The number of hydrogen-bond acceptors (Lipinski definition) is 5. The highest BCUT2D eigenvalue weighted by Gasteiger charge is 2.35. The Bertz CT molecular complexity index is 1320. The van der Waals surface area contributed by atoms with Gasteiger partial charge in [-0.25, -0.2) is 13.1 Å². The molecule has 1 amide bonds. The molecule has 8 heteroatoms. The fourth-order valence-electron chi connectivity index (χ4n) is 4.49. The quantitative estimate of drug-likeness (QED) is 0.239. The minimum Gasteiger partial charge on any atom is -0.393 e. The summed E-state index contributed by atoms with van der Waals surface area (Å²) >= 11 is 0. The molecule has 0 aliphatic heterocycles. The van der Waals surface area contributed by atoms with Gasteiger partial charge in [0.05, 0.1) is 5.25 Å². The van der Waals surface area contributed by atoms with Crippen LogP contribution in [0.2, 0.25) is 0 Å². The molecule has 0 radical (unpaired) electrons. The lowest BCUT2D eigenvalue weighted by molar-refractivity contribution is -0.124. The fourth-order valence-corrected chi connectivity index (χ4v) is 6.10. The number of hydrogen-bond donors (Lipinski definition) is 2. The van der Waals surface area contributed by atoms with Crippen molar-refractivity contribution in [2.24, 2.45) is 22.4 Å². The molecule has 2 saturated carbocycles. The van der Waals surface area contributed by atoms with E-state index in [1.165, 1.54) is 36.8 Å². The molecule has 2 aromatic rings. The summed E-state index contributed by atoms with van der Waals surface area (Å²) in [6, 6.07) is 17.2. The molecule has 5 rings (SSSR count). The van der Waals surface area contributed by atoms with E-state index in [1.807, 2.05) is 53.7 Å². The predicted molar refractivity (Wildman–Crippen MR) is 214 cm³/mol. The van der Waals surface area contributed by atoms with Crippen LogP contribution in [0.3, 0.4) is 0 Å². The summed E-state index contributed by atoms with van der Waals surface area (Å²) in [5.74, 6) is 1.14. The Balaban J connectivity index is 0. The van der Waals surface area contributed by atoms with Crippen LogP contribution in [0.5, 0.6) is 0 Å². The second-order valence-corrected chi connectivity index (χ2v) is 16.9. The van der Waals surface area contributed by atoms with Gasteiger partial charge in [0.2, 0.25) is 15.9 Å². The lowest BCUT2D eigenvalue weighted by Gasteiger charge is -2.22. The number of sulfonamides is 1. The monoisotopic (exact) mass is 704 g/mol. The molecule has 282 valence electrons. The van der Waals surface area contributed by atoms with Crippen LogP contribution in [0.4, 0.5) is 0 Å². The van der Waals surface area contributed by atoms with E-state index >= 15 is 0 Å². The summed E-state index contributed by atoms with van der Waals surface area (Å²) in [6.45, 7) is 22.8. The van der Waals surface area contributed by atoms with Crippen LogP contribution in [0.15, 0.2) is 53.7 Å². The van der Waals surface area contributed by atoms with Gasteiger partial charge in [-0.15, -0.1) is 0 Å². The zero-order valence-electron chi connectivity index (χ0n) is 30.3. The standard InChI is InChI=1S/C16H15NO.C9H17NO.C7H16.C6H13NO2S.3CH4/c1-11(2)18-17-16-14-9-5-3-7-12(14)13-8-4-6-10-15(13)16;1-7(2)9(11)10-8-5-3-4-6-8;1-6(2)7(3,4)5;1-5(2)7-10(8,9)6-3-4-6;;;/h3-11H,1-2H3;7-8H,3-6H2,1-2H3,(H,10,11);6H,1-5H3;5-7H,3-4H2,1-2H3;3*1H4. The van der Waals surface area contributed by atoms with Crippen LogP contribution in [0.1, 0.15) is 148 Å². The van der Waals surface area contributed by atoms with Crippen molar-refractivity contribution in [1.29, 1.82) is 0 Å².